The molecule has 0 aromatic heterocycles. The molecule has 0 heterocycles. The fraction of sp³-hybridized carbons (Fsp3) is 0.333. The summed E-state index contributed by atoms with van der Waals surface area (Å²) >= 11 is 3.48. The molecular formula is C9H13BrN2. The molecular weight excluding hydrogens is 216 g/mol. The maximum absolute atomic E-state index is 5.36. The molecule has 0 radical (unpaired) electrons. The monoisotopic (exact) mass is 228 g/mol. The van der Waals surface area contributed by atoms with Crippen LogP contribution in [0.3, 0.4) is 0 Å². The van der Waals surface area contributed by atoms with E-state index >= 15 is 0 Å². The van der Waals surface area contributed by atoms with Gasteiger partial charge in [-0.15, -0.1) is 0 Å². The van der Waals surface area contributed by atoms with Gasteiger partial charge in [0.2, 0.25) is 0 Å². The Hall–Kier alpha value is -0.380. The van der Waals surface area contributed by atoms with E-state index in [-0.39, 0.29) is 0 Å². The third-order valence-corrected chi connectivity index (χ3v) is 2.37. The molecule has 0 saturated carbocycles. The zero-order chi connectivity index (χ0) is 8.81. The van der Waals surface area contributed by atoms with Gasteiger partial charge >= 0.3 is 0 Å². The van der Waals surface area contributed by atoms with Crippen molar-refractivity contribution in [2.24, 2.45) is 5.73 Å². The zero-order valence-corrected chi connectivity index (χ0v) is 8.47. The van der Waals surface area contributed by atoms with Crippen LogP contribution >= 0.6 is 15.9 Å². The summed E-state index contributed by atoms with van der Waals surface area (Å²) in [5.41, 5.74) is 6.63. The van der Waals surface area contributed by atoms with Crippen molar-refractivity contribution in [3.8, 4) is 0 Å². The summed E-state index contributed by atoms with van der Waals surface area (Å²) in [7, 11) is 0. The van der Waals surface area contributed by atoms with Gasteiger partial charge in [0.05, 0.1) is 0 Å². The first-order valence-corrected chi connectivity index (χ1v) is 4.78. The Morgan fingerprint density at radius 2 is 2.08 bits per heavy atom. The molecule has 0 fully saturated rings. The molecule has 0 aliphatic carbocycles. The van der Waals surface area contributed by atoms with Crippen LogP contribution in [0.25, 0.3) is 0 Å². The van der Waals surface area contributed by atoms with Crippen LogP contribution in [0.2, 0.25) is 0 Å². The van der Waals surface area contributed by atoms with E-state index in [4.69, 9.17) is 5.73 Å². The molecule has 1 rings (SSSR count). The van der Waals surface area contributed by atoms with Crippen LogP contribution in [0.1, 0.15) is 5.56 Å². The first kappa shape index (κ1) is 9.71. The molecule has 0 bridgehead atoms. The van der Waals surface area contributed by atoms with Gasteiger partial charge in [-0.1, -0.05) is 34.1 Å². The smallest absolute Gasteiger partial charge is 0.0220 e. The highest BCUT2D eigenvalue weighted by Crippen LogP contribution is 2.14. The van der Waals surface area contributed by atoms with Crippen LogP contribution in [-0.2, 0) is 6.54 Å². The highest BCUT2D eigenvalue weighted by Gasteiger charge is 1.95. The van der Waals surface area contributed by atoms with Crippen molar-refractivity contribution in [3.05, 3.63) is 34.3 Å². The summed E-state index contributed by atoms with van der Waals surface area (Å²) < 4.78 is 1.15. The van der Waals surface area contributed by atoms with Crippen molar-refractivity contribution in [3.63, 3.8) is 0 Å². The first-order chi connectivity index (χ1) is 5.84. The van der Waals surface area contributed by atoms with Crippen molar-refractivity contribution in [1.29, 1.82) is 0 Å². The van der Waals surface area contributed by atoms with Crippen LogP contribution in [0.4, 0.5) is 0 Å². The first-order valence-electron chi connectivity index (χ1n) is 3.99. The lowest BCUT2D eigenvalue weighted by Crippen LogP contribution is -2.21. The molecule has 1 aromatic rings. The van der Waals surface area contributed by atoms with E-state index in [0.717, 1.165) is 17.6 Å². The largest absolute Gasteiger partial charge is 0.329 e. The third-order valence-electron chi connectivity index (χ3n) is 1.59. The van der Waals surface area contributed by atoms with Gasteiger partial charge in [-0.25, -0.2) is 0 Å². The average Bonchev–Trinajstić information content (AvgIpc) is 2.09. The molecule has 3 N–H and O–H groups in total. The van der Waals surface area contributed by atoms with Crippen molar-refractivity contribution in [2.75, 3.05) is 13.1 Å². The maximum atomic E-state index is 5.36. The summed E-state index contributed by atoms with van der Waals surface area (Å²) in [6, 6.07) is 8.17. The molecule has 1 aromatic carbocycles. The van der Waals surface area contributed by atoms with Gasteiger partial charge in [-0.2, -0.15) is 0 Å². The Labute approximate surface area is 81.3 Å². The van der Waals surface area contributed by atoms with Crippen LogP contribution in [0.5, 0.6) is 0 Å². The van der Waals surface area contributed by atoms with E-state index in [0.29, 0.717) is 6.54 Å². The van der Waals surface area contributed by atoms with Gasteiger partial charge in [0.15, 0.2) is 0 Å². The minimum absolute atomic E-state index is 0.685. The summed E-state index contributed by atoms with van der Waals surface area (Å²) in [6.45, 7) is 2.42. The van der Waals surface area contributed by atoms with E-state index in [9.17, 15) is 0 Å². The van der Waals surface area contributed by atoms with Crippen LogP contribution in [0, 0.1) is 0 Å². The summed E-state index contributed by atoms with van der Waals surface area (Å²) in [5, 5.41) is 3.24. The minimum atomic E-state index is 0.685. The lowest BCUT2D eigenvalue weighted by Gasteiger charge is -2.04. The molecule has 0 unspecified atom stereocenters. The predicted molar refractivity (Wildman–Crippen MR) is 54.9 cm³/mol. The SMILES string of the molecule is NCCNCc1ccccc1Br. The molecule has 0 saturated heterocycles. The van der Waals surface area contributed by atoms with Gasteiger partial charge in [-0.3, -0.25) is 0 Å². The Morgan fingerprint density at radius 1 is 1.33 bits per heavy atom. The number of nitrogens with two attached hydrogens (primary N) is 1. The number of hydrogen-bond donors (Lipinski definition) is 2. The molecule has 0 aliphatic rings. The fourth-order valence-electron chi connectivity index (χ4n) is 0.967. The molecule has 12 heavy (non-hydrogen) atoms. The highest BCUT2D eigenvalue weighted by atomic mass is 79.9. The average molecular weight is 229 g/mol. The second-order valence-electron chi connectivity index (χ2n) is 2.56. The Bertz CT molecular complexity index is 238. The second-order valence-corrected chi connectivity index (χ2v) is 3.41. The summed E-state index contributed by atoms with van der Waals surface area (Å²) in [5.74, 6) is 0. The molecule has 0 aliphatic heterocycles. The number of rotatable bonds is 4. The van der Waals surface area contributed by atoms with Gasteiger partial charge in [0.1, 0.15) is 0 Å². The standard InChI is InChI=1S/C9H13BrN2/c10-9-4-2-1-3-8(9)7-12-6-5-11/h1-4,12H,5-7,11H2. The zero-order valence-electron chi connectivity index (χ0n) is 6.89. The number of halogens is 1. The van der Waals surface area contributed by atoms with Crippen molar-refractivity contribution >= 4 is 15.9 Å². The summed E-state index contributed by atoms with van der Waals surface area (Å²) in [4.78, 5) is 0. The topological polar surface area (TPSA) is 38.0 Å². The van der Waals surface area contributed by atoms with Gasteiger partial charge in [0.25, 0.3) is 0 Å². The highest BCUT2D eigenvalue weighted by molar-refractivity contribution is 9.10. The Kier molecular flexibility index (Phi) is 4.29. The molecule has 0 spiro atoms. The molecule has 0 amide bonds. The van der Waals surface area contributed by atoms with Crippen LogP contribution in [0.15, 0.2) is 28.7 Å². The van der Waals surface area contributed by atoms with Crippen molar-refractivity contribution in [2.45, 2.75) is 6.54 Å². The molecule has 0 atom stereocenters. The number of nitrogens with one attached hydrogen (secondary N) is 1. The van der Waals surface area contributed by atoms with E-state index < -0.39 is 0 Å². The number of benzene rings is 1. The van der Waals surface area contributed by atoms with Crippen molar-refractivity contribution < 1.29 is 0 Å². The van der Waals surface area contributed by atoms with Crippen LogP contribution in [-0.4, -0.2) is 13.1 Å². The predicted octanol–water partition coefficient (Wildman–Crippen LogP) is 1.50. The molecule has 2 nitrogen and oxygen atoms in total. The van der Waals surface area contributed by atoms with Gasteiger partial charge in [-0.05, 0) is 11.6 Å². The van der Waals surface area contributed by atoms with Crippen molar-refractivity contribution in [1.82, 2.24) is 5.32 Å². The number of hydrogen-bond acceptors (Lipinski definition) is 2. The lowest BCUT2D eigenvalue weighted by molar-refractivity contribution is 0.693. The van der Waals surface area contributed by atoms with Crippen LogP contribution < -0.4 is 11.1 Å². The minimum Gasteiger partial charge on any atom is -0.329 e. The fourth-order valence-corrected chi connectivity index (χ4v) is 1.39. The second kappa shape index (κ2) is 5.30. The van der Waals surface area contributed by atoms with Gasteiger partial charge < -0.3 is 11.1 Å². The quantitative estimate of drug-likeness (QED) is 0.768. The lowest BCUT2D eigenvalue weighted by atomic mass is 10.2. The normalized spacial score (nSPS) is 10.2. The van der Waals surface area contributed by atoms with Gasteiger partial charge in [0, 0.05) is 24.1 Å². The Balaban J connectivity index is 2.46. The maximum Gasteiger partial charge on any atom is 0.0220 e. The molecule has 3 heteroatoms. The van der Waals surface area contributed by atoms with E-state index in [1.54, 1.807) is 0 Å². The van der Waals surface area contributed by atoms with E-state index in [2.05, 4.69) is 27.3 Å². The van der Waals surface area contributed by atoms with E-state index in [1.807, 2.05) is 18.2 Å². The molecule has 66 valence electrons. The van der Waals surface area contributed by atoms with E-state index in [1.165, 1.54) is 5.56 Å². The third kappa shape index (κ3) is 2.93. The summed E-state index contributed by atoms with van der Waals surface area (Å²) in [6.07, 6.45) is 0. The Morgan fingerprint density at radius 3 is 2.75 bits per heavy atom.